The number of aromatic nitrogens is 2. The number of hydrogen-bond donors (Lipinski definition) is 1. The van der Waals surface area contributed by atoms with Crippen LogP contribution in [0.15, 0.2) is 24.3 Å². The fourth-order valence-electron chi connectivity index (χ4n) is 3.23. The van der Waals surface area contributed by atoms with Crippen molar-refractivity contribution in [3.05, 3.63) is 33.8 Å². The van der Waals surface area contributed by atoms with Crippen molar-refractivity contribution in [2.75, 3.05) is 23.4 Å². The molecule has 2 aromatic rings. The molecule has 0 radical (unpaired) electrons. The summed E-state index contributed by atoms with van der Waals surface area (Å²) in [7, 11) is -2.91. The van der Waals surface area contributed by atoms with E-state index in [4.69, 9.17) is 12.2 Å². The zero-order valence-electron chi connectivity index (χ0n) is 15.9. The Hall–Kier alpha value is -1.29. The molecule has 0 aliphatic carbocycles. The summed E-state index contributed by atoms with van der Waals surface area (Å²) in [5.74, 6) is 1.00. The Kier molecular flexibility index (Phi) is 6.35. The van der Waals surface area contributed by atoms with Crippen LogP contribution < -0.4 is 5.32 Å². The van der Waals surface area contributed by atoms with Crippen molar-refractivity contribution in [2.24, 2.45) is 0 Å². The zero-order chi connectivity index (χ0) is 19.6. The van der Waals surface area contributed by atoms with E-state index >= 15 is 0 Å². The summed E-state index contributed by atoms with van der Waals surface area (Å²) in [5.41, 5.74) is 2.27. The van der Waals surface area contributed by atoms with Crippen molar-refractivity contribution in [1.82, 2.24) is 14.7 Å². The number of sulfone groups is 1. The number of nitrogens with zero attached hydrogens (tertiary/aromatic N) is 3. The lowest BCUT2D eigenvalue weighted by atomic mass is 10.0. The number of hydrogen-bond acceptors (Lipinski definition) is 7. The third-order valence-electron chi connectivity index (χ3n) is 4.88. The van der Waals surface area contributed by atoms with Crippen molar-refractivity contribution in [1.29, 1.82) is 0 Å². The van der Waals surface area contributed by atoms with Gasteiger partial charge in [-0.25, -0.2) is 13.1 Å². The standard InChI is InChI=1S/C18H26N4O2S3/c1-4-21(16-9-10-27(23,24)11-16)12-22-18(25)26-17(20-22)19-15-7-5-14(6-8-15)13(2)3/h5-8,13,16H,4,9-12H2,1-3H3,(H,19,20)/t16-/m0/s1. The molecule has 3 rings (SSSR count). The molecule has 1 aromatic carbocycles. The molecule has 0 bridgehead atoms. The molecule has 1 aromatic heterocycles. The summed E-state index contributed by atoms with van der Waals surface area (Å²) in [6.45, 7) is 7.66. The second-order valence-electron chi connectivity index (χ2n) is 7.18. The maximum atomic E-state index is 11.8. The third kappa shape index (κ3) is 5.16. The van der Waals surface area contributed by atoms with Crippen LogP contribution in [0.3, 0.4) is 0 Å². The molecule has 27 heavy (non-hydrogen) atoms. The number of nitrogens with one attached hydrogen (secondary N) is 1. The van der Waals surface area contributed by atoms with E-state index in [-0.39, 0.29) is 17.5 Å². The molecule has 0 unspecified atom stereocenters. The van der Waals surface area contributed by atoms with E-state index in [1.807, 2.05) is 19.1 Å². The Bertz CT molecular complexity index is 932. The highest BCUT2D eigenvalue weighted by Crippen LogP contribution is 2.24. The van der Waals surface area contributed by atoms with Crippen molar-refractivity contribution in [2.45, 2.75) is 45.8 Å². The average Bonchev–Trinajstić information content (AvgIpc) is 3.14. The van der Waals surface area contributed by atoms with Gasteiger partial charge >= 0.3 is 0 Å². The number of anilines is 2. The number of rotatable bonds is 7. The van der Waals surface area contributed by atoms with E-state index in [0.29, 0.717) is 23.0 Å². The Labute approximate surface area is 170 Å². The van der Waals surface area contributed by atoms with Crippen LogP contribution in [0.5, 0.6) is 0 Å². The van der Waals surface area contributed by atoms with Gasteiger partial charge in [0.15, 0.2) is 13.8 Å². The largest absolute Gasteiger partial charge is 0.330 e. The van der Waals surface area contributed by atoms with Gasteiger partial charge in [0.2, 0.25) is 5.13 Å². The first-order chi connectivity index (χ1) is 12.8. The molecule has 1 saturated heterocycles. The van der Waals surface area contributed by atoms with Crippen LogP contribution in [0.25, 0.3) is 0 Å². The van der Waals surface area contributed by atoms with Crippen LogP contribution in [0, 0.1) is 3.95 Å². The first-order valence-corrected chi connectivity index (χ1v) is 12.2. The van der Waals surface area contributed by atoms with E-state index in [2.05, 4.69) is 41.3 Å². The van der Waals surface area contributed by atoms with Crippen LogP contribution in [0.2, 0.25) is 0 Å². The summed E-state index contributed by atoms with van der Waals surface area (Å²) < 4.78 is 26.0. The Morgan fingerprint density at radius 1 is 1.37 bits per heavy atom. The first kappa shape index (κ1) is 20.4. The van der Waals surface area contributed by atoms with Crippen molar-refractivity contribution >= 4 is 44.2 Å². The molecule has 0 saturated carbocycles. The first-order valence-electron chi connectivity index (χ1n) is 9.17. The molecule has 0 spiro atoms. The van der Waals surface area contributed by atoms with Gasteiger partial charge in [-0.05, 0) is 48.8 Å². The minimum atomic E-state index is -2.91. The molecule has 0 amide bonds. The summed E-state index contributed by atoms with van der Waals surface area (Å²) >= 11 is 6.89. The van der Waals surface area contributed by atoms with Gasteiger partial charge in [0, 0.05) is 11.7 Å². The smallest absolute Gasteiger partial charge is 0.209 e. The van der Waals surface area contributed by atoms with E-state index in [0.717, 1.165) is 17.4 Å². The molecular weight excluding hydrogens is 400 g/mol. The van der Waals surface area contributed by atoms with Gasteiger partial charge in [0.1, 0.15) is 0 Å². The minimum Gasteiger partial charge on any atom is -0.330 e. The van der Waals surface area contributed by atoms with Gasteiger partial charge in [0.25, 0.3) is 0 Å². The fourth-order valence-corrected chi connectivity index (χ4v) is 6.00. The van der Waals surface area contributed by atoms with Gasteiger partial charge in [0.05, 0.1) is 18.2 Å². The normalized spacial score (nSPS) is 19.1. The maximum Gasteiger partial charge on any atom is 0.209 e. The summed E-state index contributed by atoms with van der Waals surface area (Å²) in [4.78, 5) is 2.14. The highest BCUT2D eigenvalue weighted by Gasteiger charge is 2.31. The molecule has 1 aliphatic heterocycles. The predicted octanol–water partition coefficient (Wildman–Crippen LogP) is 4.01. The topological polar surface area (TPSA) is 67.2 Å². The Balaban J connectivity index is 1.69. The average molecular weight is 427 g/mol. The highest BCUT2D eigenvalue weighted by atomic mass is 32.2. The summed E-state index contributed by atoms with van der Waals surface area (Å²) in [6.07, 6.45) is 0.681. The highest BCUT2D eigenvalue weighted by molar-refractivity contribution is 7.91. The molecule has 6 nitrogen and oxygen atoms in total. The van der Waals surface area contributed by atoms with Gasteiger partial charge in [-0.3, -0.25) is 4.90 Å². The molecule has 148 valence electrons. The van der Waals surface area contributed by atoms with Gasteiger partial charge in [-0.15, -0.1) is 5.10 Å². The van der Waals surface area contributed by atoms with Crippen molar-refractivity contribution < 1.29 is 8.42 Å². The molecular formula is C18H26N4O2S3. The van der Waals surface area contributed by atoms with Crippen molar-refractivity contribution in [3.63, 3.8) is 0 Å². The van der Waals surface area contributed by atoms with Crippen LogP contribution >= 0.6 is 23.6 Å². The lowest BCUT2D eigenvalue weighted by molar-refractivity contribution is 0.165. The molecule has 9 heteroatoms. The van der Waals surface area contributed by atoms with Crippen LogP contribution in [-0.2, 0) is 16.5 Å². The van der Waals surface area contributed by atoms with E-state index < -0.39 is 9.84 Å². The molecule has 1 N–H and O–H groups in total. The predicted molar refractivity (Wildman–Crippen MR) is 114 cm³/mol. The second-order valence-corrected chi connectivity index (χ2v) is 11.0. The van der Waals surface area contributed by atoms with Gasteiger partial charge < -0.3 is 5.32 Å². The van der Waals surface area contributed by atoms with Gasteiger partial charge in [-0.2, -0.15) is 0 Å². The monoisotopic (exact) mass is 426 g/mol. The quantitative estimate of drug-likeness (QED) is 0.675. The lowest BCUT2D eigenvalue weighted by Crippen LogP contribution is -2.37. The Morgan fingerprint density at radius 2 is 2.07 bits per heavy atom. The molecule has 1 aliphatic rings. The van der Waals surface area contributed by atoms with Gasteiger partial charge in [-0.1, -0.05) is 44.2 Å². The minimum absolute atomic E-state index is 0.0450. The van der Waals surface area contributed by atoms with Crippen LogP contribution in [0.1, 0.15) is 38.7 Å². The second kappa shape index (κ2) is 8.38. The number of benzene rings is 1. The SMILES string of the molecule is CCN(Cn1nc(Nc2ccc(C(C)C)cc2)sc1=S)[C@H]1CCS(=O)(=O)C1. The lowest BCUT2D eigenvalue weighted by Gasteiger charge is -2.25. The van der Waals surface area contributed by atoms with E-state index in [1.54, 1.807) is 4.68 Å². The summed E-state index contributed by atoms with van der Waals surface area (Å²) in [6, 6.07) is 8.37. The zero-order valence-corrected chi connectivity index (χ0v) is 18.3. The third-order valence-corrected chi connectivity index (χ3v) is 7.86. The van der Waals surface area contributed by atoms with Crippen molar-refractivity contribution in [3.8, 4) is 0 Å². The van der Waals surface area contributed by atoms with Crippen LogP contribution in [-0.4, -0.2) is 47.2 Å². The maximum absolute atomic E-state index is 11.8. The Morgan fingerprint density at radius 3 is 2.63 bits per heavy atom. The molecule has 2 heterocycles. The van der Waals surface area contributed by atoms with E-state index in [9.17, 15) is 8.42 Å². The fraction of sp³-hybridized carbons (Fsp3) is 0.556. The molecule has 1 fully saturated rings. The van der Waals surface area contributed by atoms with Crippen LogP contribution in [0.4, 0.5) is 10.8 Å². The van der Waals surface area contributed by atoms with E-state index in [1.165, 1.54) is 16.9 Å². The molecule has 1 atom stereocenters. The summed E-state index contributed by atoms with van der Waals surface area (Å²) in [5, 5.41) is 8.64.